The average molecular weight is 234 g/mol. The summed E-state index contributed by atoms with van der Waals surface area (Å²) < 4.78 is 49.3. The molecule has 0 atom stereocenters. The van der Waals surface area contributed by atoms with Crippen molar-refractivity contribution in [2.45, 2.75) is 6.18 Å². The Kier molecular flexibility index (Phi) is 3.31. The molecular formula is C10H6F4O2. The molecule has 0 aliphatic carbocycles. The number of halogens is 4. The number of carbonyl (C=O) groups is 1. The third-order valence-corrected chi connectivity index (χ3v) is 1.70. The zero-order chi connectivity index (χ0) is 12.3. The van der Waals surface area contributed by atoms with E-state index in [0.717, 1.165) is 12.1 Å². The van der Waals surface area contributed by atoms with E-state index in [4.69, 9.17) is 5.11 Å². The second kappa shape index (κ2) is 4.34. The van der Waals surface area contributed by atoms with E-state index in [1.54, 1.807) is 0 Å². The van der Waals surface area contributed by atoms with Crippen LogP contribution in [0.25, 0.3) is 6.08 Å². The molecule has 0 bridgehead atoms. The van der Waals surface area contributed by atoms with Crippen molar-refractivity contribution in [1.29, 1.82) is 0 Å². The highest BCUT2D eigenvalue weighted by molar-refractivity contribution is 5.93. The molecule has 0 saturated carbocycles. The molecule has 1 rings (SSSR count). The third-order valence-electron chi connectivity index (χ3n) is 1.70. The molecule has 0 aliphatic heterocycles. The van der Waals surface area contributed by atoms with Crippen molar-refractivity contribution in [3.8, 4) is 0 Å². The summed E-state index contributed by atoms with van der Waals surface area (Å²) in [4.78, 5) is 10.4. The first-order valence-electron chi connectivity index (χ1n) is 4.08. The van der Waals surface area contributed by atoms with Gasteiger partial charge in [-0.2, -0.15) is 13.2 Å². The highest BCUT2D eigenvalue weighted by Gasteiger charge is 2.38. The van der Waals surface area contributed by atoms with E-state index < -0.39 is 23.5 Å². The summed E-state index contributed by atoms with van der Waals surface area (Å²) in [5.74, 6) is -2.84. The fraction of sp³-hybridized carbons (Fsp3) is 0.100. The summed E-state index contributed by atoms with van der Waals surface area (Å²) in [5.41, 5.74) is -1.90. The van der Waals surface area contributed by atoms with E-state index in [1.807, 2.05) is 0 Å². The molecule has 86 valence electrons. The number of carboxylic acid groups (broad SMARTS) is 1. The molecule has 0 saturated heterocycles. The van der Waals surface area contributed by atoms with E-state index in [2.05, 4.69) is 0 Å². The molecule has 6 heteroatoms. The Morgan fingerprint density at radius 1 is 1.31 bits per heavy atom. The molecule has 0 aromatic heterocycles. The minimum Gasteiger partial charge on any atom is -0.478 e. The van der Waals surface area contributed by atoms with Crippen molar-refractivity contribution in [3.63, 3.8) is 0 Å². The lowest BCUT2D eigenvalue weighted by atomic mass is 10.1. The monoisotopic (exact) mass is 234 g/mol. The molecule has 0 aliphatic rings. The van der Waals surface area contributed by atoms with E-state index >= 15 is 0 Å². The van der Waals surface area contributed by atoms with Crippen LogP contribution in [0.4, 0.5) is 17.6 Å². The highest BCUT2D eigenvalue weighted by atomic mass is 19.4. The zero-order valence-electron chi connectivity index (χ0n) is 7.75. The Labute approximate surface area is 87.8 Å². The Bertz CT molecular complexity index is 435. The Morgan fingerprint density at radius 2 is 1.94 bits per heavy atom. The molecule has 0 heterocycles. The van der Waals surface area contributed by atoms with Gasteiger partial charge in [0, 0.05) is 0 Å². The number of benzene rings is 1. The number of hydrogen-bond acceptors (Lipinski definition) is 1. The Hall–Kier alpha value is -1.85. The van der Waals surface area contributed by atoms with Crippen LogP contribution in [0.3, 0.4) is 0 Å². The highest BCUT2D eigenvalue weighted by Crippen LogP contribution is 2.27. The molecule has 0 fully saturated rings. The van der Waals surface area contributed by atoms with Crippen LogP contribution in [0.15, 0.2) is 29.8 Å². The van der Waals surface area contributed by atoms with Crippen LogP contribution in [0.2, 0.25) is 0 Å². The van der Waals surface area contributed by atoms with Crippen LogP contribution in [-0.4, -0.2) is 17.3 Å². The van der Waals surface area contributed by atoms with Gasteiger partial charge < -0.3 is 5.11 Å². The standard InChI is InChI=1S/C10H6F4O2/c11-7-3-1-2-6(4-7)5-8(9(15)16)10(12,13)14/h1-5H,(H,15,16)/b8-5+. The van der Waals surface area contributed by atoms with Gasteiger partial charge in [-0.25, -0.2) is 9.18 Å². The van der Waals surface area contributed by atoms with Gasteiger partial charge in [-0.1, -0.05) is 12.1 Å². The molecule has 0 radical (unpaired) electrons. The molecule has 16 heavy (non-hydrogen) atoms. The van der Waals surface area contributed by atoms with Crippen molar-refractivity contribution >= 4 is 12.0 Å². The second-order valence-electron chi connectivity index (χ2n) is 2.92. The number of carboxylic acids is 1. The summed E-state index contributed by atoms with van der Waals surface area (Å²) >= 11 is 0. The van der Waals surface area contributed by atoms with Crippen LogP contribution in [0.5, 0.6) is 0 Å². The fourth-order valence-corrected chi connectivity index (χ4v) is 1.03. The van der Waals surface area contributed by atoms with E-state index in [9.17, 15) is 22.4 Å². The van der Waals surface area contributed by atoms with Gasteiger partial charge in [-0.05, 0) is 23.8 Å². The van der Waals surface area contributed by atoms with Gasteiger partial charge in [-0.3, -0.25) is 0 Å². The van der Waals surface area contributed by atoms with Crippen LogP contribution in [0, 0.1) is 5.82 Å². The van der Waals surface area contributed by atoms with E-state index in [0.29, 0.717) is 6.08 Å². The second-order valence-corrected chi connectivity index (χ2v) is 2.92. The van der Waals surface area contributed by atoms with Crippen LogP contribution in [-0.2, 0) is 4.79 Å². The number of hydrogen-bond donors (Lipinski definition) is 1. The molecule has 1 aromatic carbocycles. The maximum absolute atomic E-state index is 12.7. The number of aliphatic carboxylic acids is 1. The predicted octanol–water partition coefficient (Wildman–Crippen LogP) is 2.86. The van der Waals surface area contributed by atoms with Gasteiger partial charge >= 0.3 is 12.1 Å². The topological polar surface area (TPSA) is 37.3 Å². The zero-order valence-corrected chi connectivity index (χ0v) is 7.75. The quantitative estimate of drug-likeness (QED) is 0.631. The van der Waals surface area contributed by atoms with Crippen molar-refractivity contribution in [3.05, 3.63) is 41.2 Å². The van der Waals surface area contributed by atoms with Gasteiger partial charge in [0.1, 0.15) is 11.4 Å². The molecule has 1 aromatic rings. The summed E-state index contributed by atoms with van der Waals surface area (Å²) in [6, 6.07) is 4.23. The average Bonchev–Trinajstić information content (AvgIpc) is 2.12. The molecule has 0 unspecified atom stereocenters. The van der Waals surface area contributed by atoms with Gasteiger partial charge in [0.25, 0.3) is 0 Å². The first-order valence-corrected chi connectivity index (χ1v) is 4.08. The number of alkyl halides is 3. The van der Waals surface area contributed by atoms with Crippen molar-refractivity contribution < 1.29 is 27.5 Å². The van der Waals surface area contributed by atoms with Crippen LogP contribution >= 0.6 is 0 Å². The SMILES string of the molecule is O=C(O)/C(=C\c1cccc(F)c1)C(F)(F)F. The van der Waals surface area contributed by atoms with Crippen molar-refractivity contribution in [2.24, 2.45) is 0 Å². The van der Waals surface area contributed by atoms with E-state index in [-0.39, 0.29) is 5.56 Å². The lowest BCUT2D eigenvalue weighted by Crippen LogP contribution is -2.19. The smallest absolute Gasteiger partial charge is 0.423 e. The lowest BCUT2D eigenvalue weighted by molar-refractivity contribution is -0.144. The minimum atomic E-state index is -4.97. The molecule has 0 spiro atoms. The maximum atomic E-state index is 12.7. The third kappa shape index (κ3) is 3.08. The van der Waals surface area contributed by atoms with E-state index in [1.165, 1.54) is 12.1 Å². The van der Waals surface area contributed by atoms with Gasteiger partial charge in [0.15, 0.2) is 0 Å². The predicted molar refractivity (Wildman–Crippen MR) is 48.1 cm³/mol. The largest absolute Gasteiger partial charge is 0.478 e. The Balaban J connectivity index is 3.18. The van der Waals surface area contributed by atoms with Crippen LogP contribution in [0.1, 0.15) is 5.56 Å². The number of rotatable bonds is 2. The van der Waals surface area contributed by atoms with Crippen LogP contribution < -0.4 is 0 Å². The maximum Gasteiger partial charge on any atom is 0.423 e. The Morgan fingerprint density at radius 3 is 2.38 bits per heavy atom. The van der Waals surface area contributed by atoms with Crippen molar-refractivity contribution in [2.75, 3.05) is 0 Å². The van der Waals surface area contributed by atoms with Gasteiger partial charge in [-0.15, -0.1) is 0 Å². The van der Waals surface area contributed by atoms with Gasteiger partial charge in [0.05, 0.1) is 0 Å². The normalized spacial score (nSPS) is 12.6. The van der Waals surface area contributed by atoms with Gasteiger partial charge in [0.2, 0.25) is 0 Å². The minimum absolute atomic E-state index is 0.158. The lowest BCUT2D eigenvalue weighted by Gasteiger charge is -2.06. The molecule has 0 amide bonds. The summed E-state index contributed by atoms with van der Waals surface area (Å²) in [6.45, 7) is 0. The summed E-state index contributed by atoms with van der Waals surface area (Å²) in [7, 11) is 0. The molecular weight excluding hydrogens is 228 g/mol. The first-order chi connectivity index (χ1) is 7.30. The summed E-state index contributed by atoms with van der Waals surface area (Å²) in [6.07, 6.45) is -4.59. The first kappa shape index (κ1) is 12.2. The van der Waals surface area contributed by atoms with Crippen molar-refractivity contribution in [1.82, 2.24) is 0 Å². The molecule has 2 nitrogen and oxygen atoms in total. The fourth-order valence-electron chi connectivity index (χ4n) is 1.03. The summed E-state index contributed by atoms with van der Waals surface area (Å²) in [5, 5.41) is 8.36. The molecule has 1 N–H and O–H groups in total.